The lowest BCUT2D eigenvalue weighted by atomic mass is 10.6. The van der Waals surface area contributed by atoms with Crippen LogP contribution in [0.3, 0.4) is 0 Å². The van der Waals surface area contributed by atoms with Crippen LogP contribution in [0.5, 0.6) is 0 Å². The van der Waals surface area contributed by atoms with Crippen LogP contribution in [0.1, 0.15) is 13.8 Å². The van der Waals surface area contributed by atoms with Crippen LogP contribution in [0.15, 0.2) is 12.7 Å². The molecule has 0 spiro atoms. The summed E-state index contributed by atoms with van der Waals surface area (Å²) < 4.78 is 4.81. The Balaban J connectivity index is 4.28. The van der Waals surface area contributed by atoms with E-state index in [1.807, 2.05) is 0 Å². The van der Waals surface area contributed by atoms with Crippen LogP contribution >= 0.6 is 0 Å². The lowest BCUT2D eigenvalue weighted by Crippen LogP contribution is -2.48. The lowest BCUT2D eigenvalue weighted by molar-refractivity contribution is -1.37. The van der Waals surface area contributed by atoms with Crippen molar-refractivity contribution in [1.82, 2.24) is 0 Å². The van der Waals surface area contributed by atoms with E-state index in [1.165, 1.54) is 14.2 Å². The Labute approximate surface area is 89.4 Å². The normalized spacial score (nSPS) is 13.3. The second-order valence-electron chi connectivity index (χ2n) is 2.61. The fourth-order valence-corrected chi connectivity index (χ4v) is 0.953. The average Bonchev–Trinajstić information content (AvgIpc) is 2.26. The monoisotopic (exact) mass is 220 g/mol. The van der Waals surface area contributed by atoms with Gasteiger partial charge >= 0.3 is 5.97 Å². The number of carbonyl (C=O) groups excluding carboxylic acids is 1. The Morgan fingerprint density at radius 2 is 2.00 bits per heavy atom. The summed E-state index contributed by atoms with van der Waals surface area (Å²) >= 11 is 0. The van der Waals surface area contributed by atoms with E-state index in [-0.39, 0.29) is 0 Å². The largest absolute Gasteiger partial charge is 0.426 e. The number of ether oxygens (including phenoxy) is 1. The van der Waals surface area contributed by atoms with Crippen molar-refractivity contribution in [3.8, 4) is 0 Å². The van der Waals surface area contributed by atoms with Gasteiger partial charge in [-0.3, -0.25) is 0 Å². The molecule has 1 unspecified atom stereocenters. The maximum Gasteiger partial charge on any atom is 0.332 e. The number of quaternary nitrogens is 1. The fraction of sp³-hybridized carbons (Fsp3) is 0.667. The second kappa shape index (κ2) is 6.52. The number of carbonyl (C=O) groups is 1. The van der Waals surface area contributed by atoms with Gasteiger partial charge in [-0.15, -0.1) is 9.68 Å². The first kappa shape index (κ1) is 14.1. The zero-order valence-electron chi connectivity index (χ0n) is 9.56. The summed E-state index contributed by atoms with van der Waals surface area (Å²) in [5.41, 5.74) is 0. The minimum atomic E-state index is -0.796. The number of rotatable bonds is 7. The SMILES string of the molecule is C=CC(=O)OC(C)O[N+](CC)(OC)OC. The molecule has 0 saturated carbocycles. The predicted octanol–water partition coefficient (Wildman–Crippen LogP) is 0.953. The molecule has 0 saturated heterocycles. The third-order valence-electron chi connectivity index (χ3n) is 1.70. The summed E-state index contributed by atoms with van der Waals surface area (Å²) in [7, 11) is 2.85. The lowest BCUT2D eigenvalue weighted by Gasteiger charge is -2.27. The van der Waals surface area contributed by atoms with Crippen LogP contribution in [0.2, 0.25) is 0 Å². The van der Waals surface area contributed by atoms with Gasteiger partial charge in [-0.1, -0.05) is 11.4 Å². The highest BCUT2D eigenvalue weighted by Crippen LogP contribution is 2.12. The zero-order chi connectivity index (χ0) is 11.9. The molecule has 15 heavy (non-hydrogen) atoms. The molecule has 0 aliphatic heterocycles. The van der Waals surface area contributed by atoms with Crippen molar-refractivity contribution >= 4 is 5.97 Å². The van der Waals surface area contributed by atoms with Gasteiger partial charge < -0.3 is 4.74 Å². The molecule has 0 aromatic carbocycles. The quantitative estimate of drug-likeness (QED) is 0.210. The molecule has 0 aromatic heterocycles. The first-order valence-electron chi connectivity index (χ1n) is 4.54. The van der Waals surface area contributed by atoms with Crippen molar-refractivity contribution in [2.75, 3.05) is 20.8 Å². The van der Waals surface area contributed by atoms with Crippen LogP contribution in [0.4, 0.5) is 0 Å². The number of hydroxylamine groups is 3. The molecule has 0 amide bonds. The smallest absolute Gasteiger partial charge is 0.332 e. The van der Waals surface area contributed by atoms with Crippen LogP contribution < -0.4 is 0 Å². The molecule has 0 bridgehead atoms. The fourth-order valence-electron chi connectivity index (χ4n) is 0.953. The Morgan fingerprint density at radius 3 is 2.33 bits per heavy atom. The van der Waals surface area contributed by atoms with Gasteiger partial charge in [-0.25, -0.2) is 4.79 Å². The van der Waals surface area contributed by atoms with Gasteiger partial charge in [0.25, 0.3) is 6.29 Å². The average molecular weight is 220 g/mol. The standard InChI is InChI=1S/C9H18NO5/c1-6-9(11)14-8(3)15-10(7-2,12-4)13-5/h6,8H,1,7H2,2-5H3/q+1. The maximum absolute atomic E-state index is 10.9. The van der Waals surface area contributed by atoms with Gasteiger partial charge in [-0.2, -0.15) is 0 Å². The number of esters is 1. The molecule has 0 N–H and O–H groups in total. The summed E-state index contributed by atoms with van der Waals surface area (Å²) in [5, 5.41) is 0. The van der Waals surface area contributed by atoms with Gasteiger partial charge in [0.2, 0.25) is 0 Å². The van der Waals surface area contributed by atoms with E-state index < -0.39 is 17.2 Å². The van der Waals surface area contributed by atoms with Crippen molar-refractivity contribution in [2.45, 2.75) is 20.1 Å². The highest BCUT2D eigenvalue weighted by atomic mass is 17.2. The van der Waals surface area contributed by atoms with Crippen LogP contribution in [0.25, 0.3) is 0 Å². The first-order chi connectivity index (χ1) is 7.03. The van der Waals surface area contributed by atoms with Crippen molar-refractivity contribution in [1.29, 1.82) is 0 Å². The molecule has 0 heterocycles. The van der Waals surface area contributed by atoms with E-state index in [4.69, 9.17) is 19.2 Å². The number of hydrogen-bond donors (Lipinski definition) is 0. The van der Waals surface area contributed by atoms with Crippen molar-refractivity contribution < 1.29 is 29.0 Å². The predicted molar refractivity (Wildman–Crippen MR) is 51.7 cm³/mol. The molecule has 88 valence electrons. The third-order valence-corrected chi connectivity index (χ3v) is 1.70. The van der Waals surface area contributed by atoms with E-state index in [1.54, 1.807) is 13.8 Å². The third kappa shape index (κ3) is 4.39. The molecule has 0 aliphatic carbocycles. The zero-order valence-corrected chi connectivity index (χ0v) is 9.56. The van der Waals surface area contributed by atoms with Gasteiger partial charge in [0, 0.05) is 13.0 Å². The molecule has 0 fully saturated rings. The maximum atomic E-state index is 10.9. The Morgan fingerprint density at radius 1 is 1.47 bits per heavy atom. The highest BCUT2D eigenvalue weighted by Gasteiger charge is 2.33. The summed E-state index contributed by atoms with van der Waals surface area (Å²) in [6.45, 7) is 7.04. The van der Waals surface area contributed by atoms with Gasteiger partial charge in [0.05, 0.1) is 4.97 Å². The summed E-state index contributed by atoms with van der Waals surface area (Å²) in [5.74, 6) is -0.566. The summed E-state index contributed by atoms with van der Waals surface area (Å²) in [6, 6.07) is 0. The van der Waals surface area contributed by atoms with Crippen LogP contribution in [0, 0.1) is 0 Å². The van der Waals surface area contributed by atoms with Crippen molar-refractivity contribution in [3.05, 3.63) is 12.7 Å². The molecule has 0 aromatic rings. The summed E-state index contributed by atoms with van der Waals surface area (Å²) in [4.78, 5) is 25.6. The van der Waals surface area contributed by atoms with Crippen molar-refractivity contribution in [3.63, 3.8) is 0 Å². The second-order valence-corrected chi connectivity index (χ2v) is 2.61. The molecular formula is C9H18NO5+. The van der Waals surface area contributed by atoms with E-state index in [9.17, 15) is 4.79 Å². The van der Waals surface area contributed by atoms with E-state index in [0.717, 1.165) is 6.08 Å². The van der Waals surface area contributed by atoms with E-state index >= 15 is 0 Å². The van der Waals surface area contributed by atoms with Gasteiger partial charge in [-0.05, 0) is 6.92 Å². The molecule has 6 nitrogen and oxygen atoms in total. The van der Waals surface area contributed by atoms with Crippen LogP contribution in [-0.4, -0.2) is 38.0 Å². The van der Waals surface area contributed by atoms with Crippen molar-refractivity contribution in [2.24, 2.45) is 0 Å². The minimum absolute atomic E-state index is 0.406. The Bertz CT molecular complexity index is 206. The van der Waals surface area contributed by atoms with Gasteiger partial charge in [0.1, 0.15) is 14.2 Å². The number of hydrogen-bond acceptors (Lipinski definition) is 5. The topological polar surface area (TPSA) is 54.0 Å². The van der Waals surface area contributed by atoms with E-state index in [0.29, 0.717) is 6.54 Å². The molecule has 0 rings (SSSR count). The van der Waals surface area contributed by atoms with Gasteiger partial charge in [0.15, 0.2) is 6.54 Å². The minimum Gasteiger partial charge on any atom is -0.426 e. The Hall–Kier alpha value is -0.950. The number of nitrogens with zero attached hydrogens (tertiary/aromatic N) is 1. The molecule has 0 radical (unpaired) electrons. The molecule has 6 heteroatoms. The Kier molecular flexibility index (Phi) is 6.11. The van der Waals surface area contributed by atoms with Crippen LogP contribution in [-0.2, 0) is 24.0 Å². The molecule has 1 atom stereocenters. The van der Waals surface area contributed by atoms with E-state index in [2.05, 4.69) is 6.58 Å². The summed E-state index contributed by atoms with van der Waals surface area (Å²) in [6.07, 6.45) is 0.260. The highest BCUT2D eigenvalue weighted by molar-refractivity contribution is 5.81. The molecular weight excluding hydrogens is 202 g/mol. The first-order valence-corrected chi connectivity index (χ1v) is 4.54. The molecule has 0 aliphatic rings.